The third-order valence-corrected chi connectivity index (χ3v) is 5.74. The van der Waals surface area contributed by atoms with Crippen molar-refractivity contribution in [3.8, 4) is 5.75 Å². The Labute approximate surface area is 172 Å². The zero-order chi connectivity index (χ0) is 20.8. The van der Waals surface area contributed by atoms with Crippen LogP contribution in [0.15, 0.2) is 30.3 Å². The fraction of sp³-hybridized carbons (Fsp3) is 0.381. The van der Waals surface area contributed by atoms with Crippen LogP contribution >= 0.6 is 11.6 Å². The molecule has 154 valence electrons. The van der Waals surface area contributed by atoms with Gasteiger partial charge in [0, 0.05) is 24.1 Å². The summed E-state index contributed by atoms with van der Waals surface area (Å²) in [6, 6.07) is 7.29. The van der Waals surface area contributed by atoms with E-state index in [2.05, 4.69) is 10.6 Å². The second kappa shape index (κ2) is 7.46. The molecular formula is C21H21ClF2N2O3. The van der Waals surface area contributed by atoms with E-state index in [1.54, 1.807) is 12.1 Å². The summed E-state index contributed by atoms with van der Waals surface area (Å²) < 4.78 is 33.6. The van der Waals surface area contributed by atoms with Crippen molar-refractivity contribution in [1.29, 1.82) is 0 Å². The second-order valence-corrected chi connectivity index (χ2v) is 8.23. The maximum absolute atomic E-state index is 14.5. The van der Waals surface area contributed by atoms with Crippen molar-refractivity contribution in [1.82, 2.24) is 5.32 Å². The second-order valence-electron chi connectivity index (χ2n) is 7.83. The quantitative estimate of drug-likeness (QED) is 0.690. The van der Waals surface area contributed by atoms with E-state index in [4.69, 9.17) is 16.3 Å². The number of carbonyl (C=O) groups excluding carboxylic acids is 1. The molecule has 1 heterocycles. The molecule has 5 nitrogen and oxygen atoms in total. The number of hydrogen-bond donors (Lipinski definition) is 3. The van der Waals surface area contributed by atoms with E-state index in [0.717, 1.165) is 11.1 Å². The van der Waals surface area contributed by atoms with Crippen molar-refractivity contribution in [2.24, 2.45) is 0 Å². The Bertz CT molecular complexity index is 971. The fourth-order valence-corrected chi connectivity index (χ4v) is 4.18. The molecule has 8 heteroatoms. The average molecular weight is 423 g/mol. The van der Waals surface area contributed by atoms with Crippen molar-refractivity contribution in [2.45, 2.75) is 43.9 Å². The molecule has 0 unspecified atom stereocenters. The molecule has 1 aliphatic carbocycles. The number of benzene rings is 2. The predicted molar refractivity (Wildman–Crippen MR) is 106 cm³/mol. The molecule has 29 heavy (non-hydrogen) atoms. The zero-order valence-electron chi connectivity index (χ0n) is 15.8. The van der Waals surface area contributed by atoms with E-state index in [1.807, 2.05) is 12.1 Å². The van der Waals surface area contributed by atoms with Gasteiger partial charge in [0.2, 0.25) is 0 Å². The Kier molecular flexibility index (Phi) is 5.12. The number of aliphatic hydroxyl groups is 1. The fourth-order valence-electron chi connectivity index (χ4n) is 4.03. The molecule has 4 rings (SSSR count). The first-order chi connectivity index (χ1) is 13.8. The van der Waals surface area contributed by atoms with Crippen LogP contribution in [0.5, 0.6) is 5.75 Å². The van der Waals surface area contributed by atoms with Crippen LogP contribution < -0.4 is 15.4 Å². The molecule has 0 bridgehead atoms. The number of urea groups is 1. The van der Waals surface area contributed by atoms with Gasteiger partial charge >= 0.3 is 6.03 Å². The number of nitrogens with one attached hydrogen (secondary N) is 2. The highest BCUT2D eigenvalue weighted by molar-refractivity contribution is 6.30. The van der Waals surface area contributed by atoms with Gasteiger partial charge < -0.3 is 20.5 Å². The smallest absolute Gasteiger partial charge is 0.319 e. The summed E-state index contributed by atoms with van der Waals surface area (Å²) in [6.07, 6.45) is 0.692. The number of halogens is 3. The van der Waals surface area contributed by atoms with Crippen LogP contribution in [0.1, 0.15) is 36.1 Å². The third kappa shape index (κ3) is 3.76. The predicted octanol–water partition coefficient (Wildman–Crippen LogP) is 4.31. The first-order valence-corrected chi connectivity index (χ1v) is 9.76. The minimum absolute atomic E-state index is 0.131. The van der Waals surface area contributed by atoms with E-state index in [0.29, 0.717) is 24.1 Å². The number of hydrogen-bond acceptors (Lipinski definition) is 3. The summed E-state index contributed by atoms with van der Waals surface area (Å²) in [6.45, 7) is 0.677. The van der Waals surface area contributed by atoms with Crippen LogP contribution in [0, 0.1) is 5.82 Å². The van der Waals surface area contributed by atoms with Crippen LogP contribution in [0.25, 0.3) is 0 Å². The Hall–Kier alpha value is -2.38. The normalized spacial score (nSPS) is 25.0. The van der Waals surface area contributed by atoms with Gasteiger partial charge in [-0.15, -0.1) is 0 Å². The summed E-state index contributed by atoms with van der Waals surface area (Å²) in [7, 11) is 0. The highest BCUT2D eigenvalue weighted by Crippen LogP contribution is 2.43. The third-order valence-electron chi connectivity index (χ3n) is 5.44. The van der Waals surface area contributed by atoms with Gasteiger partial charge in [-0.1, -0.05) is 29.8 Å². The summed E-state index contributed by atoms with van der Waals surface area (Å²) in [4.78, 5) is 12.7. The van der Waals surface area contributed by atoms with E-state index in [1.165, 1.54) is 13.0 Å². The summed E-state index contributed by atoms with van der Waals surface area (Å²) in [5.41, 5.74) is 1.62. The van der Waals surface area contributed by atoms with Crippen LogP contribution in [-0.4, -0.2) is 29.5 Å². The van der Waals surface area contributed by atoms with Crippen molar-refractivity contribution >= 4 is 23.3 Å². The van der Waals surface area contributed by atoms with Crippen molar-refractivity contribution < 1.29 is 23.4 Å². The van der Waals surface area contributed by atoms with Gasteiger partial charge in [-0.2, -0.15) is 0 Å². The Morgan fingerprint density at radius 3 is 2.90 bits per heavy atom. The molecule has 2 aromatic carbocycles. The molecule has 2 aliphatic rings. The number of ether oxygens (including phenoxy) is 1. The molecule has 0 spiro atoms. The summed E-state index contributed by atoms with van der Waals surface area (Å²) in [5, 5.41) is 15.3. The Balaban J connectivity index is 1.58. The number of anilines is 1. The summed E-state index contributed by atoms with van der Waals surface area (Å²) in [5.74, 6) is -0.913. The monoisotopic (exact) mass is 422 g/mol. The van der Waals surface area contributed by atoms with Gasteiger partial charge in [-0.05, 0) is 36.6 Å². The molecule has 1 aliphatic heterocycles. The molecule has 0 aromatic heterocycles. The lowest BCUT2D eigenvalue weighted by Crippen LogP contribution is -2.46. The van der Waals surface area contributed by atoms with Crippen molar-refractivity contribution in [2.75, 3.05) is 12.0 Å². The lowest BCUT2D eigenvalue weighted by atomic mass is 9.89. The first-order valence-electron chi connectivity index (χ1n) is 9.39. The topological polar surface area (TPSA) is 70.6 Å². The van der Waals surface area contributed by atoms with Crippen molar-refractivity contribution in [3.05, 3.63) is 57.9 Å². The maximum Gasteiger partial charge on any atom is 0.319 e. The van der Waals surface area contributed by atoms with Gasteiger partial charge in [0.25, 0.3) is 0 Å². The number of amides is 2. The van der Waals surface area contributed by atoms with Gasteiger partial charge in [0.1, 0.15) is 12.3 Å². The van der Waals surface area contributed by atoms with Crippen LogP contribution in [-0.2, 0) is 12.8 Å². The zero-order valence-corrected chi connectivity index (χ0v) is 16.5. The molecule has 3 N–H and O–H groups in total. The van der Waals surface area contributed by atoms with Crippen LogP contribution in [0.3, 0.4) is 0 Å². The number of fused-ring (bicyclic) bond motifs is 2. The van der Waals surface area contributed by atoms with Crippen LogP contribution in [0.4, 0.5) is 19.3 Å². The average Bonchev–Trinajstić information content (AvgIpc) is 3.06. The number of aliphatic hydroxyl groups excluding tert-OH is 1. The lowest BCUT2D eigenvalue weighted by molar-refractivity contribution is 0.0223. The number of rotatable bonds is 3. The minimum atomic E-state index is -1.28. The molecule has 3 atom stereocenters. The van der Waals surface area contributed by atoms with E-state index in [9.17, 15) is 18.7 Å². The van der Waals surface area contributed by atoms with E-state index >= 15 is 0 Å². The SMILES string of the molecule is C[C@@]1(CF)C[C@@H](NC(=O)Nc2cccc3c2C[C@H](O)C3)c2ccc(Cl)c(F)c2O1. The molecule has 2 aromatic rings. The molecule has 0 saturated heterocycles. The van der Waals surface area contributed by atoms with Crippen molar-refractivity contribution in [3.63, 3.8) is 0 Å². The first kappa shape index (κ1) is 19.9. The molecule has 0 fully saturated rings. The van der Waals surface area contributed by atoms with E-state index in [-0.39, 0.29) is 17.2 Å². The van der Waals surface area contributed by atoms with Gasteiger partial charge in [0.05, 0.1) is 17.2 Å². The molecular weight excluding hydrogens is 402 g/mol. The molecule has 2 amide bonds. The number of carbonyl (C=O) groups is 1. The standard InChI is InChI=1S/C21H21ClF2N2O3/c1-21(10-23)9-17(13-5-6-15(22)18(24)19(13)29-21)26-20(28)25-16-4-2-3-11-7-12(27)8-14(11)16/h2-6,12,17,27H,7-10H2,1H3,(H2,25,26,28)/t12-,17-,21+/m1/s1. The highest BCUT2D eigenvalue weighted by atomic mass is 35.5. The lowest BCUT2D eigenvalue weighted by Gasteiger charge is -2.38. The Morgan fingerprint density at radius 2 is 2.14 bits per heavy atom. The van der Waals surface area contributed by atoms with Gasteiger partial charge in [0.15, 0.2) is 11.6 Å². The molecule has 0 saturated carbocycles. The molecule has 0 radical (unpaired) electrons. The summed E-state index contributed by atoms with van der Waals surface area (Å²) >= 11 is 5.84. The van der Waals surface area contributed by atoms with E-state index < -0.39 is 36.3 Å². The Morgan fingerprint density at radius 1 is 1.34 bits per heavy atom. The highest BCUT2D eigenvalue weighted by Gasteiger charge is 2.40. The van der Waals surface area contributed by atoms with Gasteiger partial charge in [-0.3, -0.25) is 0 Å². The number of alkyl halides is 1. The van der Waals surface area contributed by atoms with Crippen LogP contribution in [0.2, 0.25) is 5.02 Å². The minimum Gasteiger partial charge on any atom is -0.481 e. The largest absolute Gasteiger partial charge is 0.481 e. The van der Waals surface area contributed by atoms with Gasteiger partial charge in [-0.25, -0.2) is 13.6 Å². The maximum atomic E-state index is 14.5.